The maximum atomic E-state index is 6.12. The van der Waals surface area contributed by atoms with Crippen molar-refractivity contribution in [3.8, 4) is 0 Å². The van der Waals surface area contributed by atoms with Crippen molar-refractivity contribution in [2.24, 2.45) is 0 Å². The molecule has 0 amide bonds. The summed E-state index contributed by atoms with van der Waals surface area (Å²) in [6.45, 7) is 0. The molecule has 106 valence electrons. The van der Waals surface area contributed by atoms with E-state index in [0.717, 1.165) is 31.2 Å². The van der Waals surface area contributed by atoms with E-state index in [9.17, 15) is 0 Å². The number of rotatable bonds is 2. The second kappa shape index (κ2) is 5.83. The van der Waals surface area contributed by atoms with Gasteiger partial charge in [-0.3, -0.25) is 4.98 Å². The van der Waals surface area contributed by atoms with Crippen molar-refractivity contribution < 1.29 is 0 Å². The topological polar surface area (TPSA) is 50.9 Å². The first-order valence-electron chi connectivity index (χ1n) is 6.10. The Balaban J connectivity index is 2.08. The largest absolute Gasteiger partial charge is 0.398 e. The highest BCUT2D eigenvalue weighted by Gasteiger charge is 2.07. The third-order valence-electron chi connectivity index (χ3n) is 3.05. The van der Waals surface area contributed by atoms with Gasteiger partial charge in [-0.1, -0.05) is 11.6 Å². The zero-order valence-electron chi connectivity index (χ0n) is 10.7. The summed E-state index contributed by atoms with van der Waals surface area (Å²) in [6.07, 6.45) is 1.75. The Bertz CT molecular complexity index is 837. The molecule has 21 heavy (non-hydrogen) atoms. The van der Waals surface area contributed by atoms with Crippen LogP contribution in [0.1, 0.15) is 0 Å². The average Bonchev–Trinajstić information content (AvgIpc) is 2.46. The standard InChI is InChI=1S/C15H10Br2ClN3/c16-8-5-10-13(19)3-4-14(15(10)20-7-8)21-9-1-2-11(17)12(18)6-9/h1-7,21H,19H2. The van der Waals surface area contributed by atoms with Gasteiger partial charge < -0.3 is 11.1 Å². The number of nitrogens with zero attached hydrogens (tertiary/aromatic N) is 1. The predicted molar refractivity (Wildman–Crippen MR) is 96.3 cm³/mol. The number of hydrogen-bond donors (Lipinski definition) is 2. The summed E-state index contributed by atoms with van der Waals surface area (Å²) in [5.74, 6) is 0. The van der Waals surface area contributed by atoms with Crippen LogP contribution in [0.25, 0.3) is 10.9 Å². The molecule has 6 heteroatoms. The fourth-order valence-corrected chi connectivity index (χ4v) is 2.80. The van der Waals surface area contributed by atoms with Gasteiger partial charge in [-0.05, 0) is 68.3 Å². The first-order valence-corrected chi connectivity index (χ1v) is 8.07. The maximum absolute atomic E-state index is 6.12. The number of aromatic nitrogens is 1. The van der Waals surface area contributed by atoms with Gasteiger partial charge in [0, 0.05) is 31.9 Å². The molecular formula is C15H10Br2ClN3. The Labute approximate surface area is 143 Å². The van der Waals surface area contributed by atoms with Crippen molar-refractivity contribution in [1.29, 1.82) is 0 Å². The van der Waals surface area contributed by atoms with Gasteiger partial charge in [-0.2, -0.15) is 0 Å². The van der Waals surface area contributed by atoms with E-state index in [0.29, 0.717) is 10.7 Å². The number of pyridine rings is 1. The lowest BCUT2D eigenvalue weighted by atomic mass is 10.1. The van der Waals surface area contributed by atoms with Crippen LogP contribution in [0.2, 0.25) is 5.02 Å². The summed E-state index contributed by atoms with van der Waals surface area (Å²) in [5, 5.41) is 4.87. The molecule has 0 bridgehead atoms. The lowest BCUT2D eigenvalue weighted by Crippen LogP contribution is -1.96. The van der Waals surface area contributed by atoms with Crippen molar-refractivity contribution in [3.63, 3.8) is 0 Å². The Morgan fingerprint density at radius 2 is 1.90 bits per heavy atom. The minimum atomic E-state index is 0.649. The summed E-state index contributed by atoms with van der Waals surface area (Å²) >= 11 is 12.9. The first kappa shape index (κ1) is 14.6. The fraction of sp³-hybridized carbons (Fsp3) is 0. The lowest BCUT2D eigenvalue weighted by molar-refractivity contribution is 1.38. The van der Waals surface area contributed by atoms with Crippen molar-refractivity contribution in [1.82, 2.24) is 4.98 Å². The highest BCUT2D eigenvalue weighted by molar-refractivity contribution is 9.10. The Hall–Kier alpha value is -1.30. The average molecular weight is 428 g/mol. The molecule has 0 radical (unpaired) electrons. The van der Waals surface area contributed by atoms with Crippen LogP contribution in [0.5, 0.6) is 0 Å². The zero-order valence-corrected chi connectivity index (χ0v) is 14.6. The van der Waals surface area contributed by atoms with Crippen LogP contribution < -0.4 is 11.1 Å². The fourth-order valence-electron chi connectivity index (χ4n) is 2.05. The number of nitrogens with one attached hydrogen (secondary N) is 1. The van der Waals surface area contributed by atoms with Crippen molar-refractivity contribution in [2.75, 3.05) is 11.1 Å². The number of anilines is 3. The Morgan fingerprint density at radius 1 is 1.10 bits per heavy atom. The maximum Gasteiger partial charge on any atom is 0.0958 e. The van der Waals surface area contributed by atoms with E-state index >= 15 is 0 Å². The van der Waals surface area contributed by atoms with Crippen LogP contribution in [-0.2, 0) is 0 Å². The molecule has 0 aliphatic rings. The van der Waals surface area contributed by atoms with E-state index in [1.54, 1.807) is 6.20 Å². The van der Waals surface area contributed by atoms with Gasteiger partial charge >= 0.3 is 0 Å². The normalized spacial score (nSPS) is 10.8. The second-order valence-corrected chi connectivity index (χ2v) is 6.68. The van der Waals surface area contributed by atoms with Crippen LogP contribution in [0, 0.1) is 0 Å². The molecule has 3 aromatic rings. The molecule has 1 aromatic heterocycles. The van der Waals surface area contributed by atoms with Crippen LogP contribution in [0.15, 0.2) is 51.5 Å². The molecule has 2 aromatic carbocycles. The van der Waals surface area contributed by atoms with E-state index < -0.39 is 0 Å². The van der Waals surface area contributed by atoms with Gasteiger partial charge in [0.25, 0.3) is 0 Å². The molecule has 0 atom stereocenters. The monoisotopic (exact) mass is 425 g/mol. The second-order valence-electron chi connectivity index (χ2n) is 4.51. The SMILES string of the molecule is Nc1ccc(Nc2ccc(Br)c(Cl)c2)c2ncc(Br)cc12. The molecule has 0 aliphatic heterocycles. The molecule has 0 saturated heterocycles. The quantitative estimate of drug-likeness (QED) is 0.513. The van der Waals surface area contributed by atoms with Gasteiger partial charge in [0.2, 0.25) is 0 Å². The summed E-state index contributed by atoms with van der Waals surface area (Å²) in [7, 11) is 0. The Kier molecular flexibility index (Phi) is 4.06. The van der Waals surface area contributed by atoms with E-state index in [4.69, 9.17) is 17.3 Å². The van der Waals surface area contributed by atoms with E-state index in [-0.39, 0.29) is 0 Å². The molecule has 0 aliphatic carbocycles. The summed E-state index contributed by atoms with van der Waals surface area (Å²) in [4.78, 5) is 4.45. The number of benzene rings is 2. The highest BCUT2D eigenvalue weighted by atomic mass is 79.9. The van der Waals surface area contributed by atoms with Gasteiger partial charge in [-0.15, -0.1) is 0 Å². The number of nitrogen functional groups attached to an aromatic ring is 1. The predicted octanol–water partition coefficient (Wildman–Crippen LogP) is 5.74. The van der Waals surface area contributed by atoms with E-state index in [2.05, 4.69) is 42.2 Å². The van der Waals surface area contributed by atoms with E-state index in [1.807, 2.05) is 36.4 Å². The number of fused-ring (bicyclic) bond motifs is 1. The molecule has 0 saturated carbocycles. The Morgan fingerprint density at radius 3 is 2.67 bits per heavy atom. The zero-order chi connectivity index (χ0) is 15.0. The minimum absolute atomic E-state index is 0.649. The lowest BCUT2D eigenvalue weighted by Gasteiger charge is -2.11. The van der Waals surface area contributed by atoms with Crippen molar-refractivity contribution in [3.05, 3.63) is 56.6 Å². The molecule has 0 spiro atoms. The van der Waals surface area contributed by atoms with Crippen LogP contribution in [-0.4, -0.2) is 4.98 Å². The first-order chi connectivity index (χ1) is 10.0. The molecule has 3 nitrogen and oxygen atoms in total. The molecule has 0 unspecified atom stereocenters. The van der Waals surface area contributed by atoms with Gasteiger partial charge in [0.1, 0.15) is 0 Å². The third-order valence-corrected chi connectivity index (χ3v) is 4.71. The van der Waals surface area contributed by atoms with Gasteiger partial charge in [-0.25, -0.2) is 0 Å². The smallest absolute Gasteiger partial charge is 0.0958 e. The van der Waals surface area contributed by atoms with E-state index in [1.165, 1.54) is 0 Å². The number of hydrogen-bond acceptors (Lipinski definition) is 3. The van der Waals surface area contributed by atoms with Crippen LogP contribution in [0.3, 0.4) is 0 Å². The summed E-state index contributed by atoms with van der Waals surface area (Å²) in [5.41, 5.74) is 9.29. The van der Waals surface area contributed by atoms with Crippen LogP contribution >= 0.6 is 43.5 Å². The highest BCUT2D eigenvalue weighted by Crippen LogP contribution is 2.32. The number of halogens is 3. The molecule has 3 rings (SSSR count). The molecular weight excluding hydrogens is 417 g/mol. The summed E-state index contributed by atoms with van der Waals surface area (Å²) < 4.78 is 1.75. The third kappa shape index (κ3) is 3.00. The van der Waals surface area contributed by atoms with Crippen LogP contribution in [0.4, 0.5) is 17.1 Å². The van der Waals surface area contributed by atoms with Gasteiger partial charge in [0.15, 0.2) is 0 Å². The summed E-state index contributed by atoms with van der Waals surface area (Å²) in [6, 6.07) is 11.4. The van der Waals surface area contributed by atoms with Crippen molar-refractivity contribution in [2.45, 2.75) is 0 Å². The minimum Gasteiger partial charge on any atom is -0.398 e. The molecule has 3 N–H and O–H groups in total. The number of nitrogens with two attached hydrogens (primary N) is 1. The molecule has 1 heterocycles. The van der Waals surface area contributed by atoms with Crippen molar-refractivity contribution >= 4 is 71.4 Å². The van der Waals surface area contributed by atoms with Gasteiger partial charge in [0.05, 0.1) is 16.2 Å². The molecule has 0 fully saturated rings.